The smallest absolute Gasteiger partial charge is 0 e. The van der Waals surface area contributed by atoms with Crippen molar-refractivity contribution in [2.75, 3.05) is 0 Å². The Hall–Kier alpha value is 1.30. The van der Waals surface area contributed by atoms with Gasteiger partial charge >= 0.3 is 45.1 Å². The average molecular weight is 307 g/mol. The number of nitriles is 1. The van der Waals surface area contributed by atoms with Crippen molar-refractivity contribution in [3.05, 3.63) is 0 Å². The van der Waals surface area contributed by atoms with Crippen LogP contribution in [0.25, 0.3) is 0 Å². The van der Waals surface area contributed by atoms with Crippen LogP contribution in [0.5, 0.6) is 0 Å². The zero-order chi connectivity index (χ0) is 2.71. The Morgan fingerprint density at radius 2 is 1.60 bits per heavy atom. The largest absolute Gasteiger partial charge is 1.00 e. The van der Waals surface area contributed by atoms with Crippen LogP contribution in [0.4, 0.5) is 0 Å². The van der Waals surface area contributed by atoms with Crippen molar-refractivity contribution in [2.45, 2.75) is 0 Å². The van der Waals surface area contributed by atoms with E-state index < -0.39 is 0 Å². The Morgan fingerprint density at radius 1 is 1.60 bits per heavy atom. The molecule has 0 N–H and O–H groups in total. The van der Waals surface area contributed by atoms with Gasteiger partial charge < -0.3 is 0 Å². The molecule has 0 spiro atoms. The molecule has 0 aromatic heterocycles. The number of hydrogen-bond donors (Lipinski definition) is 0. The molecule has 0 fully saturated rings. The van der Waals surface area contributed by atoms with Gasteiger partial charge in [0.1, 0.15) is 0 Å². The molecule has 0 aliphatic carbocycles. The molecule has 0 saturated carbocycles. The normalized spacial score (nSPS) is 1.40. The summed E-state index contributed by atoms with van der Waals surface area (Å²) in [7, 11) is 0. The third-order valence-electron chi connectivity index (χ3n) is 0. The topological polar surface area (TPSA) is 23.8 Å². The van der Waals surface area contributed by atoms with E-state index in [9.17, 15) is 0 Å². The first-order chi connectivity index (χ1) is 1.41. The summed E-state index contributed by atoms with van der Waals surface area (Å²) in [6, 6.07) is 0. The minimum atomic E-state index is 0. The third-order valence-corrected chi connectivity index (χ3v) is 0. The fraction of sp³-hybridized carbons (Fsp3) is 0. The molecule has 0 amide bonds. The molecular weight excluding hydrogens is 307 g/mol. The second-order valence-corrected chi connectivity index (χ2v) is 0.474. The summed E-state index contributed by atoms with van der Waals surface area (Å²) in [4.78, 5) is 1.62. The maximum absolute atomic E-state index is 7.26. The summed E-state index contributed by atoms with van der Waals surface area (Å²) in [6.07, 6.45) is 0. The predicted molar refractivity (Wildman–Crippen MR) is 11.4 cm³/mol. The fourth-order valence-electron chi connectivity index (χ4n) is 0. The summed E-state index contributed by atoms with van der Waals surface area (Å²) in [5.74, 6) is 0. The van der Waals surface area contributed by atoms with Crippen molar-refractivity contribution >= 4 is 16.0 Å². The van der Waals surface area contributed by atoms with Gasteiger partial charge in [0.25, 0.3) is 0 Å². The van der Waals surface area contributed by atoms with Gasteiger partial charge in [-0.1, -0.05) is 0 Å². The predicted octanol–water partition coefficient (Wildman–Crippen LogP) is -3.36. The molecule has 25 valence electrons. The van der Waals surface area contributed by atoms with Crippen molar-refractivity contribution in [3.63, 3.8) is 0 Å². The van der Waals surface area contributed by atoms with E-state index in [4.69, 9.17) is 5.26 Å². The fourth-order valence-corrected chi connectivity index (χ4v) is 0. The van der Waals surface area contributed by atoms with Crippen molar-refractivity contribution in [1.29, 1.82) is 5.26 Å². The standard InChI is InChI=1S/CNSe.Li.Pt/c2-1-3;;/q;+1;. The second kappa shape index (κ2) is 18.5. The Balaban J connectivity index is -0.0000000200. The second-order valence-electron chi connectivity index (χ2n) is 0.0913. The molecule has 0 saturated heterocycles. The summed E-state index contributed by atoms with van der Waals surface area (Å²) in [6.45, 7) is 0. The zero-order valence-electron chi connectivity index (χ0n) is 2.67. The molecule has 0 aromatic carbocycles. The van der Waals surface area contributed by atoms with E-state index in [2.05, 4.69) is 16.0 Å². The monoisotopic (exact) mass is 308 g/mol. The van der Waals surface area contributed by atoms with Gasteiger partial charge in [-0.2, -0.15) is 0 Å². The Kier molecular flexibility index (Phi) is 60.3. The Morgan fingerprint density at radius 3 is 1.60 bits per heavy atom. The van der Waals surface area contributed by atoms with E-state index in [0.717, 1.165) is 0 Å². The first-order valence-electron chi connectivity index (χ1n) is 0.428. The van der Waals surface area contributed by atoms with Gasteiger partial charge in [-0.25, -0.2) is 0 Å². The maximum Gasteiger partial charge on any atom is 1.00 e. The van der Waals surface area contributed by atoms with Crippen LogP contribution in [-0.2, 0) is 21.1 Å². The van der Waals surface area contributed by atoms with E-state index in [1.54, 1.807) is 4.97 Å². The molecule has 0 aliphatic rings. The maximum atomic E-state index is 7.26. The molecule has 5 heavy (non-hydrogen) atoms. The minimum Gasteiger partial charge on any atom is 0 e. The van der Waals surface area contributed by atoms with E-state index in [1.165, 1.54) is 0 Å². The number of hydrogen-bond acceptors (Lipinski definition) is 1. The summed E-state index contributed by atoms with van der Waals surface area (Å²) >= 11 is 2.11. The Labute approximate surface area is 65.8 Å². The van der Waals surface area contributed by atoms with Gasteiger partial charge in [0.2, 0.25) is 0 Å². The molecule has 0 atom stereocenters. The molecule has 4 heteroatoms. The van der Waals surface area contributed by atoms with Gasteiger partial charge in [0.15, 0.2) is 0 Å². The Bertz CT molecular complexity index is 33.1. The zero-order valence-corrected chi connectivity index (χ0v) is 6.66. The van der Waals surface area contributed by atoms with Crippen LogP contribution in [0.3, 0.4) is 0 Å². The van der Waals surface area contributed by atoms with E-state index in [1.807, 2.05) is 0 Å². The average Bonchev–Trinajstić information content (AvgIpc) is 0.918. The summed E-state index contributed by atoms with van der Waals surface area (Å²) < 4.78 is 0. The van der Waals surface area contributed by atoms with Crippen LogP contribution in [0.2, 0.25) is 0 Å². The molecule has 1 nitrogen and oxygen atoms in total. The van der Waals surface area contributed by atoms with Crippen LogP contribution >= 0.6 is 0 Å². The summed E-state index contributed by atoms with van der Waals surface area (Å²) in [5.41, 5.74) is 0. The number of nitrogens with zero attached hydrogens (tertiary/aromatic N) is 1. The van der Waals surface area contributed by atoms with Gasteiger partial charge in [-0.15, -0.1) is 0 Å². The molecular formula is CLiNPtSe+. The molecule has 0 bridgehead atoms. The van der Waals surface area contributed by atoms with Crippen molar-refractivity contribution in [1.82, 2.24) is 0 Å². The molecule has 0 rings (SSSR count). The molecule has 0 aliphatic heterocycles. The third kappa shape index (κ3) is 34.3. The van der Waals surface area contributed by atoms with E-state index in [0.29, 0.717) is 0 Å². The first kappa shape index (κ1) is 16.3. The first-order valence-corrected chi connectivity index (χ1v) is 1.28. The molecule has 1 radical (unpaired) electrons. The van der Waals surface area contributed by atoms with Crippen molar-refractivity contribution in [2.24, 2.45) is 0 Å². The quantitative estimate of drug-likeness (QED) is 0.429. The van der Waals surface area contributed by atoms with Gasteiger partial charge in [0, 0.05) is 21.1 Å². The summed E-state index contributed by atoms with van der Waals surface area (Å²) in [5, 5.41) is 7.26. The van der Waals surface area contributed by atoms with E-state index in [-0.39, 0.29) is 39.9 Å². The van der Waals surface area contributed by atoms with Crippen LogP contribution in [0.1, 0.15) is 0 Å². The van der Waals surface area contributed by atoms with Crippen LogP contribution in [-0.4, -0.2) is 16.0 Å². The van der Waals surface area contributed by atoms with Crippen molar-refractivity contribution in [3.8, 4) is 4.97 Å². The van der Waals surface area contributed by atoms with Crippen LogP contribution in [0.15, 0.2) is 0 Å². The van der Waals surface area contributed by atoms with E-state index >= 15 is 0 Å². The molecule has 0 heterocycles. The minimum absolute atomic E-state index is 0. The van der Waals surface area contributed by atoms with Crippen LogP contribution < -0.4 is 18.9 Å². The molecule has 0 aromatic rings. The SMILES string of the molecule is N#C[Se].[Li+].[Pt]. The van der Waals surface area contributed by atoms with Crippen molar-refractivity contribution < 1.29 is 39.9 Å². The van der Waals surface area contributed by atoms with Gasteiger partial charge in [-0.3, -0.25) is 0 Å². The molecule has 0 unspecified atom stereocenters. The van der Waals surface area contributed by atoms with Gasteiger partial charge in [0.05, 0.1) is 0 Å². The van der Waals surface area contributed by atoms with Gasteiger partial charge in [-0.05, 0) is 0 Å². The van der Waals surface area contributed by atoms with Crippen LogP contribution in [0, 0.1) is 10.2 Å². The number of rotatable bonds is 0.